The van der Waals surface area contributed by atoms with E-state index in [1.54, 1.807) is 31.2 Å². The van der Waals surface area contributed by atoms with Gasteiger partial charge < -0.3 is 15.1 Å². The molecule has 0 saturated heterocycles. The number of furan rings is 1. The smallest absolute Gasteiger partial charge is 0.232 e. The maximum absolute atomic E-state index is 11.7. The highest BCUT2D eigenvalue weighted by atomic mass is 32.1. The Bertz CT molecular complexity index is 348. The van der Waals surface area contributed by atoms with Gasteiger partial charge in [-0.3, -0.25) is 4.79 Å². The van der Waals surface area contributed by atoms with Crippen LogP contribution in [0.2, 0.25) is 0 Å². The van der Waals surface area contributed by atoms with Crippen molar-refractivity contribution >= 4 is 23.1 Å². The van der Waals surface area contributed by atoms with Crippen molar-refractivity contribution < 1.29 is 9.21 Å². The van der Waals surface area contributed by atoms with Crippen molar-refractivity contribution in [2.75, 3.05) is 7.05 Å². The van der Waals surface area contributed by atoms with Gasteiger partial charge in [-0.1, -0.05) is 12.2 Å². The van der Waals surface area contributed by atoms with E-state index in [0.717, 1.165) is 5.76 Å². The van der Waals surface area contributed by atoms with Gasteiger partial charge in [-0.2, -0.15) is 0 Å². The Morgan fingerprint density at radius 2 is 2.40 bits per heavy atom. The molecule has 0 aliphatic rings. The number of rotatable bonds is 4. The fourth-order valence-corrected chi connectivity index (χ4v) is 1.27. The van der Waals surface area contributed by atoms with Gasteiger partial charge in [0.15, 0.2) is 0 Å². The number of nitrogens with zero attached hydrogens (tertiary/aromatic N) is 1. The van der Waals surface area contributed by atoms with Crippen molar-refractivity contribution in [3.05, 3.63) is 24.2 Å². The van der Waals surface area contributed by atoms with Gasteiger partial charge in [0.05, 0.1) is 23.7 Å². The molecule has 0 saturated carbocycles. The molecule has 1 rings (SSSR count). The first-order valence-electron chi connectivity index (χ1n) is 4.59. The van der Waals surface area contributed by atoms with E-state index >= 15 is 0 Å². The van der Waals surface area contributed by atoms with E-state index < -0.39 is 5.92 Å². The summed E-state index contributed by atoms with van der Waals surface area (Å²) in [4.78, 5) is 13.5. The summed E-state index contributed by atoms with van der Waals surface area (Å²) < 4.78 is 5.14. The number of hydrogen-bond acceptors (Lipinski definition) is 3. The summed E-state index contributed by atoms with van der Waals surface area (Å²) in [5.74, 6) is 0.208. The van der Waals surface area contributed by atoms with Crippen LogP contribution in [0.15, 0.2) is 22.8 Å². The summed E-state index contributed by atoms with van der Waals surface area (Å²) in [7, 11) is 1.69. The summed E-state index contributed by atoms with van der Waals surface area (Å²) in [5, 5.41) is 0. The molecule has 1 heterocycles. The first-order chi connectivity index (χ1) is 7.02. The Labute approximate surface area is 94.0 Å². The normalized spacial score (nSPS) is 12.1. The Balaban J connectivity index is 2.57. The van der Waals surface area contributed by atoms with Gasteiger partial charge in [0.2, 0.25) is 5.91 Å². The summed E-state index contributed by atoms with van der Waals surface area (Å²) in [6, 6.07) is 3.60. The van der Waals surface area contributed by atoms with E-state index in [1.807, 2.05) is 6.07 Å². The fraction of sp³-hybridized carbons (Fsp3) is 0.400. The van der Waals surface area contributed by atoms with Crippen LogP contribution in [0, 0.1) is 5.92 Å². The Morgan fingerprint density at radius 3 is 2.87 bits per heavy atom. The third kappa shape index (κ3) is 3.06. The third-order valence-electron chi connectivity index (χ3n) is 2.15. The second-order valence-electron chi connectivity index (χ2n) is 3.40. The lowest BCUT2D eigenvalue weighted by Gasteiger charge is -2.19. The lowest BCUT2D eigenvalue weighted by Crippen LogP contribution is -2.37. The van der Waals surface area contributed by atoms with E-state index in [-0.39, 0.29) is 10.9 Å². The Kier molecular flexibility index (Phi) is 3.85. The zero-order valence-electron chi connectivity index (χ0n) is 8.77. The van der Waals surface area contributed by atoms with Crippen molar-refractivity contribution in [1.82, 2.24) is 4.90 Å². The summed E-state index contributed by atoms with van der Waals surface area (Å²) in [6.45, 7) is 2.13. The molecule has 82 valence electrons. The molecule has 1 atom stereocenters. The molecule has 1 aromatic rings. The predicted molar refractivity (Wildman–Crippen MR) is 61.1 cm³/mol. The number of amides is 1. The van der Waals surface area contributed by atoms with Crippen molar-refractivity contribution in [2.24, 2.45) is 11.7 Å². The second kappa shape index (κ2) is 4.93. The highest BCUT2D eigenvalue weighted by molar-refractivity contribution is 7.80. The van der Waals surface area contributed by atoms with Crippen molar-refractivity contribution in [3.8, 4) is 0 Å². The van der Waals surface area contributed by atoms with Gasteiger partial charge in [0.1, 0.15) is 5.76 Å². The molecule has 0 fully saturated rings. The lowest BCUT2D eigenvalue weighted by atomic mass is 10.1. The number of hydrogen-bond donors (Lipinski definition) is 1. The molecule has 0 aromatic carbocycles. The van der Waals surface area contributed by atoms with Gasteiger partial charge in [-0.05, 0) is 19.1 Å². The molecule has 0 spiro atoms. The average Bonchev–Trinajstić information content (AvgIpc) is 2.67. The fourth-order valence-electron chi connectivity index (χ4n) is 1.17. The van der Waals surface area contributed by atoms with Crippen molar-refractivity contribution in [1.29, 1.82) is 0 Å². The van der Waals surface area contributed by atoms with Gasteiger partial charge >= 0.3 is 0 Å². The predicted octanol–water partition coefficient (Wildman–Crippen LogP) is 1.16. The van der Waals surface area contributed by atoms with Crippen LogP contribution in [0.5, 0.6) is 0 Å². The molecular weight excluding hydrogens is 212 g/mol. The van der Waals surface area contributed by atoms with E-state index in [4.69, 9.17) is 22.4 Å². The molecule has 0 aliphatic heterocycles. The van der Waals surface area contributed by atoms with Crippen LogP contribution in [0.4, 0.5) is 0 Å². The molecule has 15 heavy (non-hydrogen) atoms. The van der Waals surface area contributed by atoms with E-state index in [9.17, 15) is 4.79 Å². The molecule has 5 heteroatoms. The number of carbonyl (C=O) groups excluding carboxylic acids is 1. The average molecular weight is 226 g/mol. The monoisotopic (exact) mass is 226 g/mol. The highest BCUT2D eigenvalue weighted by Gasteiger charge is 2.20. The van der Waals surface area contributed by atoms with Gasteiger partial charge in [0.25, 0.3) is 0 Å². The molecule has 2 N–H and O–H groups in total. The summed E-state index contributed by atoms with van der Waals surface area (Å²) >= 11 is 4.77. The van der Waals surface area contributed by atoms with E-state index in [0.29, 0.717) is 6.54 Å². The van der Waals surface area contributed by atoms with Crippen LogP contribution in [0.25, 0.3) is 0 Å². The van der Waals surface area contributed by atoms with Crippen molar-refractivity contribution in [3.63, 3.8) is 0 Å². The van der Waals surface area contributed by atoms with Gasteiger partial charge in [-0.15, -0.1) is 0 Å². The van der Waals surface area contributed by atoms with Crippen LogP contribution in [-0.4, -0.2) is 22.8 Å². The van der Waals surface area contributed by atoms with E-state index in [2.05, 4.69) is 0 Å². The first kappa shape index (κ1) is 11.7. The highest BCUT2D eigenvalue weighted by Crippen LogP contribution is 2.07. The van der Waals surface area contributed by atoms with Crippen LogP contribution in [0.1, 0.15) is 12.7 Å². The van der Waals surface area contributed by atoms with Crippen LogP contribution in [0.3, 0.4) is 0 Å². The second-order valence-corrected chi connectivity index (χ2v) is 3.87. The minimum absolute atomic E-state index is 0.0982. The summed E-state index contributed by atoms with van der Waals surface area (Å²) in [6.07, 6.45) is 1.57. The SMILES string of the molecule is CC(C(=O)N(C)Cc1ccco1)C(N)=S. The lowest BCUT2D eigenvalue weighted by molar-refractivity contribution is -0.132. The van der Waals surface area contributed by atoms with Crippen LogP contribution < -0.4 is 5.73 Å². The molecule has 4 nitrogen and oxygen atoms in total. The van der Waals surface area contributed by atoms with Gasteiger partial charge in [0, 0.05) is 7.05 Å². The van der Waals surface area contributed by atoms with E-state index in [1.165, 1.54) is 0 Å². The topological polar surface area (TPSA) is 59.5 Å². The van der Waals surface area contributed by atoms with Crippen molar-refractivity contribution in [2.45, 2.75) is 13.5 Å². The minimum atomic E-state index is -0.431. The quantitative estimate of drug-likeness (QED) is 0.783. The minimum Gasteiger partial charge on any atom is -0.467 e. The molecule has 1 aromatic heterocycles. The molecule has 0 radical (unpaired) electrons. The molecule has 0 aliphatic carbocycles. The summed E-state index contributed by atoms with van der Waals surface area (Å²) in [5.41, 5.74) is 5.41. The maximum Gasteiger partial charge on any atom is 0.232 e. The van der Waals surface area contributed by atoms with Gasteiger partial charge in [-0.25, -0.2) is 0 Å². The standard InChI is InChI=1S/C10H14N2O2S/c1-7(9(11)15)10(13)12(2)6-8-4-3-5-14-8/h3-5,7H,6H2,1-2H3,(H2,11,15). The maximum atomic E-state index is 11.7. The number of carbonyl (C=O) groups is 1. The Hall–Kier alpha value is -1.36. The largest absolute Gasteiger partial charge is 0.467 e. The zero-order valence-corrected chi connectivity index (χ0v) is 9.58. The molecule has 1 amide bonds. The molecular formula is C10H14N2O2S. The number of thiocarbonyl (C=S) groups is 1. The Morgan fingerprint density at radius 1 is 1.73 bits per heavy atom. The van der Waals surface area contributed by atoms with Crippen LogP contribution in [-0.2, 0) is 11.3 Å². The first-order valence-corrected chi connectivity index (χ1v) is 5.00. The molecule has 1 unspecified atom stereocenters. The zero-order chi connectivity index (χ0) is 11.4. The third-order valence-corrected chi connectivity index (χ3v) is 2.50. The number of nitrogens with two attached hydrogens (primary N) is 1. The van der Waals surface area contributed by atoms with Crippen LogP contribution >= 0.6 is 12.2 Å². The molecule has 0 bridgehead atoms.